The largest absolute Gasteiger partial charge is 0.363 e. The van der Waals surface area contributed by atoms with Crippen molar-refractivity contribution in [2.75, 3.05) is 5.32 Å². The number of aromatic nitrogens is 1. The Morgan fingerprint density at radius 1 is 1.33 bits per heavy atom. The van der Waals surface area contributed by atoms with Crippen LogP contribution in [0.2, 0.25) is 0 Å². The van der Waals surface area contributed by atoms with Gasteiger partial charge in [0.25, 0.3) is 0 Å². The molecule has 1 N–H and O–H groups in total. The van der Waals surface area contributed by atoms with Gasteiger partial charge < -0.3 is 5.32 Å². The molecule has 1 aromatic carbocycles. The molecule has 0 saturated heterocycles. The number of hydrogen-bond donors (Lipinski definition) is 1. The predicted octanol–water partition coefficient (Wildman–Crippen LogP) is 4.46. The van der Waals surface area contributed by atoms with Gasteiger partial charge in [0.1, 0.15) is 11.6 Å². The molecule has 0 aliphatic rings. The van der Waals surface area contributed by atoms with Crippen molar-refractivity contribution in [2.24, 2.45) is 0 Å². The molecule has 0 radical (unpaired) electrons. The molecule has 0 spiro atoms. The lowest BCUT2D eigenvalue weighted by molar-refractivity contribution is 0.614. The average Bonchev–Trinajstić information content (AvgIpc) is 2.35. The SMILES string of the molecule is Cc1ccc(C(C)Nc2ncccc2Br)cc1F. The van der Waals surface area contributed by atoms with E-state index in [0.717, 1.165) is 15.9 Å². The third-order valence-electron chi connectivity index (χ3n) is 2.81. The summed E-state index contributed by atoms with van der Waals surface area (Å²) in [5.41, 5.74) is 1.56. The van der Waals surface area contributed by atoms with Crippen LogP contribution in [0.4, 0.5) is 10.2 Å². The molecule has 18 heavy (non-hydrogen) atoms. The van der Waals surface area contributed by atoms with Crippen LogP contribution < -0.4 is 5.32 Å². The van der Waals surface area contributed by atoms with Crippen molar-refractivity contribution in [3.05, 3.63) is 57.9 Å². The summed E-state index contributed by atoms with van der Waals surface area (Å²) >= 11 is 3.42. The molecule has 1 heterocycles. The lowest BCUT2D eigenvalue weighted by Crippen LogP contribution is -2.08. The minimum atomic E-state index is -0.179. The molecule has 2 nitrogen and oxygen atoms in total. The zero-order valence-electron chi connectivity index (χ0n) is 10.2. The van der Waals surface area contributed by atoms with E-state index in [0.29, 0.717) is 5.56 Å². The van der Waals surface area contributed by atoms with Gasteiger partial charge in [-0.15, -0.1) is 0 Å². The predicted molar refractivity (Wildman–Crippen MR) is 75.1 cm³/mol. The molecule has 0 aliphatic heterocycles. The Morgan fingerprint density at radius 3 is 2.78 bits per heavy atom. The number of nitrogens with zero attached hydrogens (tertiary/aromatic N) is 1. The first kappa shape index (κ1) is 13.0. The standard InChI is InChI=1S/C14H14BrFN2/c1-9-5-6-11(8-13(9)16)10(2)18-14-12(15)4-3-7-17-14/h3-8,10H,1-2H3,(H,17,18). The van der Waals surface area contributed by atoms with Gasteiger partial charge in [-0.25, -0.2) is 9.37 Å². The van der Waals surface area contributed by atoms with Crippen LogP contribution in [0.5, 0.6) is 0 Å². The Bertz CT molecular complexity index is 557. The number of nitrogens with one attached hydrogen (secondary N) is 1. The summed E-state index contributed by atoms with van der Waals surface area (Å²) in [5.74, 6) is 0.576. The Morgan fingerprint density at radius 2 is 2.11 bits per heavy atom. The quantitative estimate of drug-likeness (QED) is 0.905. The molecule has 0 bridgehead atoms. The van der Waals surface area contributed by atoms with Crippen LogP contribution in [-0.4, -0.2) is 4.98 Å². The van der Waals surface area contributed by atoms with Crippen molar-refractivity contribution < 1.29 is 4.39 Å². The van der Waals surface area contributed by atoms with E-state index in [-0.39, 0.29) is 11.9 Å². The summed E-state index contributed by atoms with van der Waals surface area (Å²) < 4.78 is 14.4. The second kappa shape index (κ2) is 5.48. The topological polar surface area (TPSA) is 24.9 Å². The highest BCUT2D eigenvalue weighted by Crippen LogP contribution is 2.24. The fourth-order valence-electron chi connectivity index (χ4n) is 1.66. The molecule has 0 amide bonds. The summed E-state index contributed by atoms with van der Waals surface area (Å²) in [6.07, 6.45) is 1.72. The molecule has 1 atom stereocenters. The number of rotatable bonds is 3. The molecule has 94 valence electrons. The Labute approximate surface area is 114 Å². The molecule has 2 aromatic rings. The highest BCUT2D eigenvalue weighted by molar-refractivity contribution is 9.10. The highest BCUT2D eigenvalue weighted by atomic mass is 79.9. The lowest BCUT2D eigenvalue weighted by Gasteiger charge is -2.16. The van der Waals surface area contributed by atoms with Crippen molar-refractivity contribution in [1.82, 2.24) is 4.98 Å². The Hall–Kier alpha value is -1.42. The zero-order valence-corrected chi connectivity index (χ0v) is 11.8. The number of pyridine rings is 1. The Balaban J connectivity index is 2.19. The summed E-state index contributed by atoms with van der Waals surface area (Å²) in [6, 6.07) is 9.03. The van der Waals surface area contributed by atoms with E-state index in [9.17, 15) is 4.39 Å². The average molecular weight is 309 g/mol. The number of hydrogen-bond acceptors (Lipinski definition) is 2. The van der Waals surface area contributed by atoms with Gasteiger partial charge in [-0.1, -0.05) is 12.1 Å². The molecular formula is C14H14BrFN2. The van der Waals surface area contributed by atoms with Crippen molar-refractivity contribution >= 4 is 21.7 Å². The zero-order chi connectivity index (χ0) is 13.1. The lowest BCUT2D eigenvalue weighted by atomic mass is 10.1. The van der Waals surface area contributed by atoms with E-state index in [4.69, 9.17) is 0 Å². The van der Waals surface area contributed by atoms with Gasteiger partial charge in [0.05, 0.1) is 10.5 Å². The van der Waals surface area contributed by atoms with Crippen LogP contribution in [0.3, 0.4) is 0 Å². The minimum absolute atomic E-state index is 0.00806. The van der Waals surface area contributed by atoms with Crippen molar-refractivity contribution in [1.29, 1.82) is 0 Å². The third-order valence-corrected chi connectivity index (χ3v) is 3.45. The van der Waals surface area contributed by atoms with Gasteiger partial charge in [0.2, 0.25) is 0 Å². The highest BCUT2D eigenvalue weighted by Gasteiger charge is 2.09. The first-order chi connectivity index (χ1) is 8.58. The monoisotopic (exact) mass is 308 g/mol. The Kier molecular flexibility index (Phi) is 3.97. The maximum atomic E-state index is 13.5. The molecule has 1 unspecified atom stereocenters. The first-order valence-corrected chi connectivity index (χ1v) is 6.50. The van der Waals surface area contributed by atoms with E-state index in [2.05, 4.69) is 26.2 Å². The van der Waals surface area contributed by atoms with E-state index in [1.807, 2.05) is 25.1 Å². The first-order valence-electron chi connectivity index (χ1n) is 5.71. The summed E-state index contributed by atoms with van der Waals surface area (Å²) in [6.45, 7) is 3.73. The van der Waals surface area contributed by atoms with Gasteiger partial charge in [-0.2, -0.15) is 0 Å². The maximum absolute atomic E-state index is 13.5. The fraction of sp³-hybridized carbons (Fsp3) is 0.214. The van der Waals surface area contributed by atoms with Crippen LogP contribution in [0.1, 0.15) is 24.1 Å². The van der Waals surface area contributed by atoms with Crippen LogP contribution in [0, 0.1) is 12.7 Å². The number of aryl methyl sites for hydroxylation is 1. The van der Waals surface area contributed by atoms with Crippen LogP contribution in [0.25, 0.3) is 0 Å². The van der Waals surface area contributed by atoms with Gasteiger partial charge >= 0.3 is 0 Å². The molecule has 1 aromatic heterocycles. The fourth-order valence-corrected chi connectivity index (χ4v) is 2.03. The maximum Gasteiger partial charge on any atom is 0.140 e. The normalized spacial score (nSPS) is 12.2. The smallest absolute Gasteiger partial charge is 0.140 e. The summed E-state index contributed by atoms with van der Waals surface area (Å²) in [4.78, 5) is 4.23. The molecular weight excluding hydrogens is 295 g/mol. The molecule has 0 fully saturated rings. The molecule has 2 rings (SSSR count). The van der Waals surface area contributed by atoms with Crippen LogP contribution in [-0.2, 0) is 0 Å². The van der Waals surface area contributed by atoms with Crippen molar-refractivity contribution in [3.63, 3.8) is 0 Å². The third kappa shape index (κ3) is 2.88. The molecule has 4 heteroatoms. The van der Waals surface area contributed by atoms with E-state index < -0.39 is 0 Å². The molecule has 0 saturated carbocycles. The van der Waals surface area contributed by atoms with E-state index >= 15 is 0 Å². The number of anilines is 1. The van der Waals surface area contributed by atoms with Crippen LogP contribution in [0.15, 0.2) is 41.0 Å². The number of halogens is 2. The van der Waals surface area contributed by atoms with Gasteiger partial charge in [-0.3, -0.25) is 0 Å². The summed E-state index contributed by atoms with van der Waals surface area (Å²) in [5, 5.41) is 3.25. The van der Waals surface area contributed by atoms with Gasteiger partial charge in [0.15, 0.2) is 0 Å². The summed E-state index contributed by atoms with van der Waals surface area (Å²) in [7, 11) is 0. The van der Waals surface area contributed by atoms with Crippen molar-refractivity contribution in [3.8, 4) is 0 Å². The minimum Gasteiger partial charge on any atom is -0.363 e. The van der Waals surface area contributed by atoms with Crippen LogP contribution >= 0.6 is 15.9 Å². The van der Waals surface area contributed by atoms with E-state index in [1.165, 1.54) is 0 Å². The van der Waals surface area contributed by atoms with Gasteiger partial charge in [-0.05, 0) is 59.1 Å². The second-order valence-corrected chi connectivity index (χ2v) is 5.06. The second-order valence-electron chi connectivity index (χ2n) is 4.21. The van der Waals surface area contributed by atoms with E-state index in [1.54, 1.807) is 25.3 Å². The van der Waals surface area contributed by atoms with Crippen molar-refractivity contribution in [2.45, 2.75) is 19.9 Å². The van der Waals surface area contributed by atoms with Gasteiger partial charge in [0, 0.05) is 6.20 Å². The molecule has 0 aliphatic carbocycles. The number of benzene rings is 1.